The number of rotatable bonds is 3. The zero-order chi connectivity index (χ0) is 13.2. The Balaban J connectivity index is 2.06. The van der Waals surface area contributed by atoms with Gasteiger partial charge >= 0.3 is 6.18 Å². The summed E-state index contributed by atoms with van der Waals surface area (Å²) in [5.74, 6) is 1.01. The Labute approximate surface area is 104 Å². The summed E-state index contributed by atoms with van der Waals surface area (Å²) >= 11 is 0.999. The first-order valence-corrected chi connectivity index (χ1v) is 5.76. The van der Waals surface area contributed by atoms with Crippen LogP contribution in [0.15, 0.2) is 21.9 Å². The second-order valence-corrected chi connectivity index (χ2v) is 4.19. The van der Waals surface area contributed by atoms with Gasteiger partial charge in [-0.05, 0) is 13.0 Å². The second-order valence-electron chi connectivity index (χ2n) is 3.25. The fourth-order valence-corrected chi connectivity index (χ4v) is 1.76. The summed E-state index contributed by atoms with van der Waals surface area (Å²) < 4.78 is 42.0. The highest BCUT2D eigenvalue weighted by Crippen LogP contribution is 2.28. The minimum atomic E-state index is -4.47. The molecule has 9 heteroatoms. The first kappa shape index (κ1) is 12.8. The van der Waals surface area contributed by atoms with Gasteiger partial charge in [-0.3, -0.25) is 0 Å². The van der Waals surface area contributed by atoms with Gasteiger partial charge in [0, 0.05) is 6.20 Å². The molecule has 2 aromatic rings. The maximum atomic E-state index is 12.4. The van der Waals surface area contributed by atoms with Crippen molar-refractivity contribution in [3.63, 3.8) is 0 Å². The van der Waals surface area contributed by atoms with Crippen molar-refractivity contribution in [2.24, 2.45) is 0 Å². The van der Waals surface area contributed by atoms with Crippen LogP contribution >= 0.6 is 11.8 Å². The molecular formula is C9H7F3N4OS. The predicted octanol–water partition coefficient (Wildman–Crippen LogP) is 2.48. The van der Waals surface area contributed by atoms with Crippen LogP contribution in [0.1, 0.15) is 17.4 Å². The Morgan fingerprint density at radius 2 is 2.11 bits per heavy atom. The standard InChI is InChI=1S/C9H7F3N4OS/c1-5-14-7(17-16-5)4-18-8-13-3-2-6(15-8)9(10,11)12/h2-3H,4H2,1H3. The van der Waals surface area contributed by atoms with Crippen LogP contribution in [0, 0.1) is 6.92 Å². The molecule has 96 valence electrons. The number of hydrogen-bond acceptors (Lipinski definition) is 6. The van der Waals surface area contributed by atoms with Gasteiger partial charge in [-0.15, -0.1) is 0 Å². The van der Waals surface area contributed by atoms with E-state index < -0.39 is 11.9 Å². The number of thioether (sulfide) groups is 1. The Kier molecular flexibility index (Phi) is 3.50. The molecule has 0 bridgehead atoms. The predicted molar refractivity (Wildman–Crippen MR) is 55.6 cm³/mol. The lowest BCUT2D eigenvalue weighted by Crippen LogP contribution is -2.08. The fourth-order valence-electron chi connectivity index (χ4n) is 1.09. The van der Waals surface area contributed by atoms with E-state index in [1.165, 1.54) is 0 Å². The van der Waals surface area contributed by atoms with Crippen LogP contribution in [0.4, 0.5) is 13.2 Å². The second kappa shape index (κ2) is 4.92. The largest absolute Gasteiger partial charge is 0.433 e. The van der Waals surface area contributed by atoms with Crippen molar-refractivity contribution in [1.29, 1.82) is 0 Å². The molecule has 0 unspecified atom stereocenters. The molecule has 0 radical (unpaired) electrons. The smallest absolute Gasteiger partial charge is 0.338 e. The molecular weight excluding hydrogens is 269 g/mol. The molecule has 0 aliphatic rings. The van der Waals surface area contributed by atoms with E-state index in [9.17, 15) is 13.2 Å². The first-order chi connectivity index (χ1) is 8.45. The van der Waals surface area contributed by atoms with Crippen LogP contribution in [0.3, 0.4) is 0 Å². The maximum Gasteiger partial charge on any atom is 0.433 e. The Bertz CT molecular complexity index is 543. The van der Waals surface area contributed by atoms with Gasteiger partial charge in [0.25, 0.3) is 0 Å². The summed E-state index contributed by atoms with van der Waals surface area (Å²) in [6.45, 7) is 1.65. The number of aryl methyl sites for hydroxylation is 1. The highest BCUT2D eigenvalue weighted by Gasteiger charge is 2.32. The van der Waals surface area contributed by atoms with Crippen LogP contribution < -0.4 is 0 Å². The molecule has 2 aromatic heterocycles. The SMILES string of the molecule is Cc1noc(CSc2nccc(C(F)(F)F)n2)n1. The van der Waals surface area contributed by atoms with Gasteiger partial charge in [-0.2, -0.15) is 18.2 Å². The minimum absolute atomic E-state index is 0.0145. The summed E-state index contributed by atoms with van der Waals surface area (Å²) in [7, 11) is 0. The van der Waals surface area contributed by atoms with E-state index in [4.69, 9.17) is 4.52 Å². The minimum Gasteiger partial charge on any atom is -0.338 e. The third-order valence-electron chi connectivity index (χ3n) is 1.82. The topological polar surface area (TPSA) is 64.7 Å². The lowest BCUT2D eigenvalue weighted by Gasteiger charge is -2.05. The first-order valence-electron chi connectivity index (χ1n) is 4.77. The summed E-state index contributed by atoms with van der Waals surface area (Å²) in [5, 5.41) is 3.58. The van der Waals surface area contributed by atoms with E-state index in [1.807, 2.05) is 0 Å². The molecule has 0 aromatic carbocycles. The molecule has 0 aliphatic heterocycles. The van der Waals surface area contributed by atoms with Crippen molar-refractivity contribution < 1.29 is 17.7 Å². The highest BCUT2D eigenvalue weighted by molar-refractivity contribution is 7.98. The van der Waals surface area contributed by atoms with Crippen LogP contribution in [0.2, 0.25) is 0 Å². The fraction of sp³-hybridized carbons (Fsp3) is 0.333. The number of halogens is 3. The zero-order valence-corrected chi connectivity index (χ0v) is 9.92. The molecule has 0 amide bonds. The van der Waals surface area contributed by atoms with Crippen LogP contribution in [0.5, 0.6) is 0 Å². The molecule has 0 fully saturated rings. The van der Waals surface area contributed by atoms with E-state index in [-0.39, 0.29) is 10.9 Å². The van der Waals surface area contributed by atoms with Gasteiger partial charge in [0.1, 0.15) is 5.69 Å². The van der Waals surface area contributed by atoms with Gasteiger partial charge in [0.05, 0.1) is 5.75 Å². The number of hydrogen-bond donors (Lipinski definition) is 0. The van der Waals surface area contributed by atoms with E-state index in [2.05, 4.69) is 20.1 Å². The van der Waals surface area contributed by atoms with Crippen molar-refractivity contribution in [3.8, 4) is 0 Å². The van der Waals surface area contributed by atoms with Crippen LogP contribution in [-0.4, -0.2) is 20.1 Å². The molecule has 5 nitrogen and oxygen atoms in total. The average molecular weight is 276 g/mol. The Morgan fingerprint density at radius 1 is 1.33 bits per heavy atom. The lowest BCUT2D eigenvalue weighted by molar-refractivity contribution is -0.141. The van der Waals surface area contributed by atoms with Crippen molar-refractivity contribution in [2.75, 3.05) is 0 Å². The van der Waals surface area contributed by atoms with Gasteiger partial charge in [0.15, 0.2) is 11.0 Å². The summed E-state index contributed by atoms with van der Waals surface area (Å²) in [5.41, 5.74) is -0.971. The van der Waals surface area contributed by atoms with Crippen molar-refractivity contribution in [2.45, 2.75) is 24.0 Å². The highest BCUT2D eigenvalue weighted by atomic mass is 32.2. The lowest BCUT2D eigenvalue weighted by atomic mass is 10.4. The number of nitrogens with zero attached hydrogens (tertiary/aromatic N) is 4. The van der Waals surface area contributed by atoms with Crippen molar-refractivity contribution in [1.82, 2.24) is 20.1 Å². The quantitative estimate of drug-likeness (QED) is 0.634. The Hall–Kier alpha value is -1.64. The van der Waals surface area contributed by atoms with E-state index in [1.54, 1.807) is 6.92 Å². The molecule has 18 heavy (non-hydrogen) atoms. The molecule has 0 saturated heterocycles. The molecule has 0 atom stereocenters. The van der Waals surface area contributed by atoms with E-state index in [0.717, 1.165) is 24.0 Å². The van der Waals surface area contributed by atoms with E-state index in [0.29, 0.717) is 11.7 Å². The molecule has 0 N–H and O–H groups in total. The molecule has 2 heterocycles. The molecule has 0 aliphatic carbocycles. The van der Waals surface area contributed by atoms with Crippen LogP contribution in [0.25, 0.3) is 0 Å². The summed E-state index contributed by atoms with van der Waals surface area (Å²) in [4.78, 5) is 11.1. The van der Waals surface area contributed by atoms with Crippen molar-refractivity contribution >= 4 is 11.8 Å². The van der Waals surface area contributed by atoms with Crippen LogP contribution in [-0.2, 0) is 11.9 Å². The van der Waals surface area contributed by atoms with Gasteiger partial charge in [-0.1, -0.05) is 16.9 Å². The molecule has 0 saturated carbocycles. The zero-order valence-electron chi connectivity index (χ0n) is 9.10. The number of aromatic nitrogens is 4. The van der Waals surface area contributed by atoms with Gasteiger partial charge in [-0.25, -0.2) is 9.97 Å². The Morgan fingerprint density at radius 3 is 2.72 bits per heavy atom. The average Bonchev–Trinajstić information content (AvgIpc) is 2.72. The summed E-state index contributed by atoms with van der Waals surface area (Å²) in [6, 6.07) is 0.820. The van der Waals surface area contributed by atoms with E-state index >= 15 is 0 Å². The molecule has 2 rings (SSSR count). The normalized spacial score (nSPS) is 11.8. The third-order valence-corrected chi connectivity index (χ3v) is 2.66. The maximum absolute atomic E-state index is 12.4. The monoisotopic (exact) mass is 276 g/mol. The molecule has 0 spiro atoms. The third kappa shape index (κ3) is 3.19. The summed E-state index contributed by atoms with van der Waals surface area (Å²) in [6.07, 6.45) is -3.41. The van der Waals surface area contributed by atoms with Crippen molar-refractivity contribution in [3.05, 3.63) is 29.7 Å². The van der Waals surface area contributed by atoms with Gasteiger partial charge < -0.3 is 4.52 Å². The number of alkyl halides is 3. The van der Waals surface area contributed by atoms with Gasteiger partial charge in [0.2, 0.25) is 5.89 Å².